The number of aromatic nitrogens is 2. The van der Waals surface area contributed by atoms with Crippen LogP contribution in [0.2, 0.25) is 0 Å². The number of nitrogens with zero attached hydrogens (tertiary/aromatic N) is 3. The molecular weight excluding hydrogens is 370 g/mol. The summed E-state index contributed by atoms with van der Waals surface area (Å²) in [6.45, 7) is 7.64. The summed E-state index contributed by atoms with van der Waals surface area (Å²) in [5, 5.41) is 4.03. The van der Waals surface area contributed by atoms with Gasteiger partial charge in [-0.15, -0.1) is 0 Å². The van der Waals surface area contributed by atoms with Gasteiger partial charge in [0, 0.05) is 23.9 Å². The average Bonchev–Trinajstić information content (AvgIpc) is 3.11. The van der Waals surface area contributed by atoms with Gasteiger partial charge in [-0.25, -0.2) is 9.78 Å². The van der Waals surface area contributed by atoms with E-state index in [-0.39, 0.29) is 0 Å². The molecule has 0 spiro atoms. The number of carbonyl (C=O) groups excluding carboxylic acids is 1. The summed E-state index contributed by atoms with van der Waals surface area (Å²) in [5.41, 5.74) is 2.01. The van der Waals surface area contributed by atoms with Gasteiger partial charge in [-0.2, -0.15) is 0 Å². The van der Waals surface area contributed by atoms with Gasteiger partial charge >= 0.3 is 6.09 Å². The summed E-state index contributed by atoms with van der Waals surface area (Å²) < 4.78 is 16.0. The fourth-order valence-electron chi connectivity index (χ4n) is 2.70. The van der Waals surface area contributed by atoms with Crippen molar-refractivity contribution in [1.82, 2.24) is 10.1 Å². The molecule has 0 bridgehead atoms. The molecule has 2 heterocycles. The van der Waals surface area contributed by atoms with E-state index in [1.807, 2.05) is 58.0 Å². The van der Waals surface area contributed by atoms with Crippen LogP contribution in [0.25, 0.3) is 11.3 Å². The minimum Gasteiger partial charge on any atom is -0.497 e. The normalized spacial score (nSPS) is 11.2. The number of amides is 1. The number of hydrogen-bond acceptors (Lipinski definition) is 6. The smallest absolute Gasteiger partial charge is 0.416 e. The summed E-state index contributed by atoms with van der Waals surface area (Å²) in [6.07, 6.45) is 1.12. The molecule has 3 aromatic rings. The number of aryl methyl sites for hydroxylation is 1. The standard InChI is InChI=1S/C22H25N3O4/c1-15-12-19(24-29-15)17-8-6-16(7-9-17)14-25(21(26)28-22(2,3)4)20-13-18(27-5)10-11-23-20/h6-13H,14H2,1-5H3. The van der Waals surface area contributed by atoms with Crippen LogP contribution in [-0.4, -0.2) is 28.9 Å². The Hall–Kier alpha value is -3.35. The fraction of sp³-hybridized carbons (Fsp3) is 0.318. The molecule has 7 nitrogen and oxygen atoms in total. The van der Waals surface area contributed by atoms with Gasteiger partial charge in [0.25, 0.3) is 0 Å². The number of rotatable bonds is 5. The Morgan fingerprint density at radius 1 is 1.14 bits per heavy atom. The van der Waals surface area contributed by atoms with Gasteiger partial charge in [0.1, 0.15) is 28.6 Å². The van der Waals surface area contributed by atoms with Crippen LogP contribution in [-0.2, 0) is 11.3 Å². The minimum absolute atomic E-state index is 0.299. The molecule has 0 saturated carbocycles. The third-order valence-electron chi connectivity index (χ3n) is 4.06. The topological polar surface area (TPSA) is 77.7 Å². The average molecular weight is 395 g/mol. The Balaban J connectivity index is 1.86. The molecule has 0 N–H and O–H groups in total. The fourth-order valence-corrected chi connectivity index (χ4v) is 2.70. The summed E-state index contributed by atoms with van der Waals surface area (Å²) in [4.78, 5) is 18.7. The Bertz CT molecular complexity index is 974. The molecule has 7 heteroatoms. The van der Waals surface area contributed by atoms with E-state index in [9.17, 15) is 4.79 Å². The molecule has 0 aliphatic rings. The van der Waals surface area contributed by atoms with Gasteiger partial charge in [0.15, 0.2) is 0 Å². The second-order valence-electron chi connectivity index (χ2n) is 7.64. The van der Waals surface area contributed by atoms with Crippen LogP contribution in [0.1, 0.15) is 32.1 Å². The molecule has 152 valence electrons. The van der Waals surface area contributed by atoms with Crippen LogP contribution in [0.5, 0.6) is 5.75 Å². The molecule has 0 aliphatic heterocycles. The van der Waals surface area contributed by atoms with Crippen LogP contribution in [0.3, 0.4) is 0 Å². The monoisotopic (exact) mass is 395 g/mol. The predicted octanol–water partition coefficient (Wildman–Crippen LogP) is 5.00. The Morgan fingerprint density at radius 3 is 2.45 bits per heavy atom. The summed E-state index contributed by atoms with van der Waals surface area (Å²) in [5.74, 6) is 1.82. The highest BCUT2D eigenvalue weighted by molar-refractivity contribution is 5.86. The van der Waals surface area contributed by atoms with E-state index in [0.717, 1.165) is 22.6 Å². The number of methoxy groups -OCH3 is 1. The van der Waals surface area contributed by atoms with E-state index in [1.54, 1.807) is 25.4 Å². The molecule has 1 amide bonds. The number of hydrogen-bond donors (Lipinski definition) is 0. The lowest BCUT2D eigenvalue weighted by Crippen LogP contribution is -2.37. The molecule has 0 unspecified atom stereocenters. The molecular formula is C22H25N3O4. The zero-order chi connectivity index (χ0) is 21.0. The summed E-state index contributed by atoms with van der Waals surface area (Å²) in [7, 11) is 1.57. The molecule has 0 aliphatic carbocycles. The molecule has 0 saturated heterocycles. The van der Waals surface area contributed by atoms with E-state index in [2.05, 4.69) is 10.1 Å². The van der Waals surface area contributed by atoms with Crippen molar-refractivity contribution >= 4 is 11.9 Å². The Kier molecular flexibility index (Phi) is 5.87. The third-order valence-corrected chi connectivity index (χ3v) is 4.06. The molecule has 1 aromatic carbocycles. The molecule has 2 aromatic heterocycles. The largest absolute Gasteiger partial charge is 0.497 e. The Morgan fingerprint density at radius 2 is 1.86 bits per heavy atom. The first kappa shape index (κ1) is 20.4. The molecule has 3 rings (SSSR count). The van der Waals surface area contributed by atoms with Crippen molar-refractivity contribution in [2.45, 2.75) is 39.8 Å². The van der Waals surface area contributed by atoms with Crippen molar-refractivity contribution in [1.29, 1.82) is 0 Å². The molecule has 0 atom stereocenters. The van der Waals surface area contributed by atoms with E-state index < -0.39 is 11.7 Å². The lowest BCUT2D eigenvalue weighted by atomic mass is 10.1. The second kappa shape index (κ2) is 8.34. The molecule has 0 fully saturated rings. The second-order valence-corrected chi connectivity index (χ2v) is 7.64. The first-order chi connectivity index (χ1) is 13.7. The maximum absolute atomic E-state index is 12.9. The minimum atomic E-state index is -0.622. The van der Waals surface area contributed by atoms with E-state index in [1.165, 1.54) is 4.90 Å². The zero-order valence-electron chi connectivity index (χ0n) is 17.3. The lowest BCUT2D eigenvalue weighted by Gasteiger charge is -2.27. The van der Waals surface area contributed by atoms with E-state index in [4.69, 9.17) is 14.0 Å². The first-order valence-corrected chi connectivity index (χ1v) is 9.28. The van der Waals surface area contributed by atoms with Crippen molar-refractivity contribution in [3.8, 4) is 17.0 Å². The summed E-state index contributed by atoms with van der Waals surface area (Å²) in [6, 6.07) is 13.1. The van der Waals surface area contributed by atoms with Crippen LogP contribution in [0.15, 0.2) is 53.2 Å². The van der Waals surface area contributed by atoms with Crippen molar-refractivity contribution in [2.24, 2.45) is 0 Å². The van der Waals surface area contributed by atoms with Crippen molar-refractivity contribution in [2.75, 3.05) is 12.0 Å². The van der Waals surface area contributed by atoms with Gasteiger partial charge in [0.2, 0.25) is 0 Å². The quantitative estimate of drug-likeness (QED) is 0.605. The van der Waals surface area contributed by atoms with Crippen molar-refractivity contribution in [3.63, 3.8) is 0 Å². The highest BCUT2D eigenvalue weighted by atomic mass is 16.6. The number of anilines is 1. The van der Waals surface area contributed by atoms with Crippen LogP contribution in [0, 0.1) is 6.92 Å². The lowest BCUT2D eigenvalue weighted by molar-refractivity contribution is 0.0576. The zero-order valence-corrected chi connectivity index (χ0v) is 17.3. The number of benzene rings is 1. The number of pyridine rings is 1. The van der Waals surface area contributed by atoms with Crippen molar-refractivity contribution in [3.05, 3.63) is 60.0 Å². The van der Waals surface area contributed by atoms with Gasteiger partial charge < -0.3 is 14.0 Å². The van der Waals surface area contributed by atoms with Crippen LogP contribution in [0.4, 0.5) is 10.6 Å². The van der Waals surface area contributed by atoms with Gasteiger partial charge in [-0.3, -0.25) is 4.90 Å². The van der Waals surface area contributed by atoms with Gasteiger partial charge in [0.05, 0.1) is 13.7 Å². The summed E-state index contributed by atoms with van der Waals surface area (Å²) >= 11 is 0. The van der Waals surface area contributed by atoms with Crippen LogP contribution >= 0.6 is 0 Å². The number of carbonyl (C=O) groups is 1. The highest BCUT2D eigenvalue weighted by Gasteiger charge is 2.25. The number of ether oxygens (including phenoxy) is 2. The SMILES string of the molecule is COc1ccnc(N(Cc2ccc(-c3cc(C)on3)cc2)C(=O)OC(C)(C)C)c1. The van der Waals surface area contributed by atoms with Gasteiger partial charge in [-0.1, -0.05) is 29.4 Å². The highest BCUT2D eigenvalue weighted by Crippen LogP contribution is 2.24. The van der Waals surface area contributed by atoms with E-state index >= 15 is 0 Å². The maximum atomic E-state index is 12.9. The molecule has 29 heavy (non-hydrogen) atoms. The van der Waals surface area contributed by atoms with Gasteiger partial charge in [-0.05, 0) is 39.3 Å². The Labute approximate surface area is 170 Å². The maximum Gasteiger partial charge on any atom is 0.416 e. The first-order valence-electron chi connectivity index (χ1n) is 9.28. The van der Waals surface area contributed by atoms with E-state index in [0.29, 0.717) is 18.1 Å². The molecule has 0 radical (unpaired) electrons. The third kappa shape index (κ3) is 5.34. The van der Waals surface area contributed by atoms with Crippen molar-refractivity contribution < 1.29 is 18.8 Å². The predicted molar refractivity (Wildman–Crippen MR) is 110 cm³/mol. The van der Waals surface area contributed by atoms with Crippen LogP contribution < -0.4 is 9.64 Å².